The summed E-state index contributed by atoms with van der Waals surface area (Å²) < 4.78 is 37.5. The molecule has 0 N–H and O–H groups in total. The van der Waals surface area contributed by atoms with Crippen LogP contribution < -0.4 is 0 Å². The maximum atomic E-state index is 12.5. The average Bonchev–Trinajstić information content (AvgIpc) is 2.71. The van der Waals surface area contributed by atoms with E-state index < -0.39 is 11.7 Å². The van der Waals surface area contributed by atoms with E-state index in [0.29, 0.717) is 12.3 Å². The summed E-state index contributed by atoms with van der Waals surface area (Å²) in [7, 11) is 0. The highest BCUT2D eigenvalue weighted by molar-refractivity contribution is 8.00. The summed E-state index contributed by atoms with van der Waals surface area (Å²) in [5, 5.41) is -0.158. The fraction of sp³-hybridized carbons (Fsp3) is 0.462. The van der Waals surface area contributed by atoms with Gasteiger partial charge in [0.05, 0.1) is 11.3 Å². The highest BCUT2D eigenvalue weighted by atomic mass is 32.2. The number of carbonyl (C=O) groups excluding carboxylic acids is 1. The van der Waals surface area contributed by atoms with Crippen molar-refractivity contribution in [2.45, 2.75) is 24.9 Å². The second kappa shape index (κ2) is 5.45. The Morgan fingerprint density at radius 2 is 1.95 bits per heavy atom. The molecule has 1 aromatic carbocycles. The monoisotopic (exact) mass is 289 g/mol. The van der Waals surface area contributed by atoms with Gasteiger partial charge in [-0.1, -0.05) is 19.1 Å². The predicted molar refractivity (Wildman–Crippen MR) is 68.6 cm³/mol. The van der Waals surface area contributed by atoms with Crippen LogP contribution in [0.5, 0.6) is 0 Å². The normalized spacial score (nSPS) is 20.1. The van der Waals surface area contributed by atoms with Crippen LogP contribution in [0, 0.1) is 0 Å². The third-order valence-corrected chi connectivity index (χ3v) is 4.21. The lowest BCUT2D eigenvalue weighted by Gasteiger charge is -2.23. The summed E-state index contributed by atoms with van der Waals surface area (Å²) in [5.41, 5.74) is 0.0879. The maximum Gasteiger partial charge on any atom is 0.416 e. The number of thioether (sulfide) groups is 1. The number of hydrogen-bond donors (Lipinski definition) is 0. The Morgan fingerprint density at radius 1 is 1.32 bits per heavy atom. The molecule has 2 nitrogen and oxygen atoms in total. The standard InChI is InChI=1S/C13H14F3NOS/c1-2-7-17-11(18)8-19-12(17)9-3-5-10(6-4-9)13(14,15)16/h3-6,12H,2,7-8H2,1H3. The number of amides is 1. The molecule has 0 saturated carbocycles. The first-order valence-corrected chi connectivity index (χ1v) is 7.06. The van der Waals surface area contributed by atoms with Gasteiger partial charge in [-0.05, 0) is 24.1 Å². The number of carbonyl (C=O) groups is 1. The number of benzene rings is 1. The van der Waals surface area contributed by atoms with Gasteiger partial charge >= 0.3 is 6.18 Å². The van der Waals surface area contributed by atoms with Gasteiger partial charge in [-0.3, -0.25) is 4.79 Å². The van der Waals surface area contributed by atoms with Crippen molar-refractivity contribution in [1.29, 1.82) is 0 Å². The van der Waals surface area contributed by atoms with Crippen LogP contribution in [-0.2, 0) is 11.0 Å². The van der Waals surface area contributed by atoms with Gasteiger partial charge in [-0.15, -0.1) is 11.8 Å². The molecular formula is C13H14F3NOS. The zero-order valence-electron chi connectivity index (χ0n) is 10.4. The number of alkyl halides is 3. The molecule has 6 heteroatoms. The van der Waals surface area contributed by atoms with E-state index in [2.05, 4.69) is 0 Å². The Labute approximate surface area is 114 Å². The minimum atomic E-state index is -4.32. The Kier molecular flexibility index (Phi) is 4.08. The molecule has 1 aliphatic heterocycles. The number of rotatable bonds is 3. The molecule has 0 aromatic heterocycles. The molecule has 1 fully saturated rings. The Morgan fingerprint density at radius 3 is 2.47 bits per heavy atom. The minimum absolute atomic E-state index is 0.0525. The number of hydrogen-bond acceptors (Lipinski definition) is 2. The number of halogens is 3. The van der Waals surface area contributed by atoms with E-state index in [1.807, 2.05) is 6.92 Å². The van der Waals surface area contributed by atoms with Crippen LogP contribution in [0.3, 0.4) is 0 Å². The van der Waals surface area contributed by atoms with Crippen LogP contribution >= 0.6 is 11.8 Å². The van der Waals surface area contributed by atoms with E-state index in [1.165, 1.54) is 23.9 Å². The van der Waals surface area contributed by atoms with Crippen LogP contribution in [-0.4, -0.2) is 23.1 Å². The first-order valence-electron chi connectivity index (χ1n) is 6.01. The maximum absolute atomic E-state index is 12.5. The van der Waals surface area contributed by atoms with Crippen molar-refractivity contribution in [3.8, 4) is 0 Å². The molecule has 0 bridgehead atoms. The SMILES string of the molecule is CCCN1C(=O)CSC1c1ccc(C(F)(F)F)cc1. The lowest BCUT2D eigenvalue weighted by molar-refractivity contribution is -0.137. The Hall–Kier alpha value is -1.17. The van der Waals surface area contributed by atoms with E-state index in [4.69, 9.17) is 0 Å². The lowest BCUT2D eigenvalue weighted by Crippen LogP contribution is -2.28. The second-order valence-corrected chi connectivity index (χ2v) is 5.44. The Bertz CT molecular complexity index is 458. The average molecular weight is 289 g/mol. The molecule has 1 heterocycles. The lowest BCUT2D eigenvalue weighted by atomic mass is 10.1. The summed E-state index contributed by atoms with van der Waals surface area (Å²) in [4.78, 5) is 13.4. The van der Waals surface area contributed by atoms with Crippen LogP contribution in [0.1, 0.15) is 29.8 Å². The minimum Gasteiger partial charge on any atom is -0.326 e. The first kappa shape index (κ1) is 14.2. The highest BCUT2D eigenvalue weighted by Crippen LogP contribution is 2.39. The fourth-order valence-electron chi connectivity index (χ4n) is 2.05. The summed E-state index contributed by atoms with van der Waals surface area (Å²) >= 11 is 1.46. The summed E-state index contributed by atoms with van der Waals surface area (Å²) in [6, 6.07) is 5.06. The van der Waals surface area contributed by atoms with Crippen molar-refractivity contribution in [3.05, 3.63) is 35.4 Å². The molecule has 2 rings (SSSR count). The first-order chi connectivity index (χ1) is 8.93. The molecular weight excluding hydrogens is 275 g/mol. The Balaban J connectivity index is 2.20. The van der Waals surface area contributed by atoms with Gasteiger partial charge in [-0.2, -0.15) is 13.2 Å². The van der Waals surface area contributed by atoms with E-state index in [-0.39, 0.29) is 11.3 Å². The topological polar surface area (TPSA) is 20.3 Å². The molecule has 1 aliphatic rings. The van der Waals surface area contributed by atoms with Crippen LogP contribution in [0.15, 0.2) is 24.3 Å². The van der Waals surface area contributed by atoms with Gasteiger partial charge < -0.3 is 4.90 Å². The zero-order valence-corrected chi connectivity index (χ0v) is 11.2. The molecule has 0 aliphatic carbocycles. The van der Waals surface area contributed by atoms with Crippen molar-refractivity contribution in [2.24, 2.45) is 0 Å². The summed E-state index contributed by atoms with van der Waals surface area (Å²) in [6.07, 6.45) is -3.48. The zero-order chi connectivity index (χ0) is 14.0. The van der Waals surface area contributed by atoms with Crippen LogP contribution in [0.4, 0.5) is 13.2 Å². The van der Waals surface area contributed by atoms with E-state index in [9.17, 15) is 18.0 Å². The van der Waals surface area contributed by atoms with Crippen LogP contribution in [0.25, 0.3) is 0 Å². The van der Waals surface area contributed by atoms with Gasteiger partial charge in [0.2, 0.25) is 5.91 Å². The van der Waals surface area contributed by atoms with Gasteiger partial charge in [-0.25, -0.2) is 0 Å². The van der Waals surface area contributed by atoms with Gasteiger partial charge in [0.25, 0.3) is 0 Å². The molecule has 1 unspecified atom stereocenters. The third-order valence-electron chi connectivity index (χ3n) is 2.96. The molecule has 1 amide bonds. The van der Waals surface area contributed by atoms with Gasteiger partial charge in [0, 0.05) is 6.54 Å². The summed E-state index contributed by atoms with van der Waals surface area (Å²) in [5.74, 6) is 0.447. The van der Waals surface area contributed by atoms with Gasteiger partial charge in [0.1, 0.15) is 5.37 Å². The molecule has 0 radical (unpaired) electrons. The fourth-order valence-corrected chi connectivity index (χ4v) is 3.27. The van der Waals surface area contributed by atoms with E-state index >= 15 is 0 Å². The second-order valence-electron chi connectivity index (χ2n) is 4.37. The number of nitrogens with zero attached hydrogens (tertiary/aromatic N) is 1. The molecule has 1 saturated heterocycles. The third kappa shape index (κ3) is 3.05. The molecule has 1 atom stereocenters. The quantitative estimate of drug-likeness (QED) is 0.846. The molecule has 104 valence electrons. The molecule has 1 aromatic rings. The molecule has 19 heavy (non-hydrogen) atoms. The van der Waals surface area contributed by atoms with Crippen LogP contribution in [0.2, 0.25) is 0 Å². The smallest absolute Gasteiger partial charge is 0.326 e. The van der Waals surface area contributed by atoms with Crippen molar-refractivity contribution >= 4 is 17.7 Å². The largest absolute Gasteiger partial charge is 0.416 e. The van der Waals surface area contributed by atoms with Crippen molar-refractivity contribution in [3.63, 3.8) is 0 Å². The van der Waals surface area contributed by atoms with Crippen molar-refractivity contribution in [1.82, 2.24) is 4.90 Å². The van der Waals surface area contributed by atoms with E-state index in [1.54, 1.807) is 4.90 Å². The van der Waals surface area contributed by atoms with E-state index in [0.717, 1.165) is 24.1 Å². The summed E-state index contributed by atoms with van der Waals surface area (Å²) in [6.45, 7) is 2.61. The predicted octanol–water partition coefficient (Wildman–Crippen LogP) is 3.69. The van der Waals surface area contributed by atoms with Crippen molar-refractivity contribution in [2.75, 3.05) is 12.3 Å². The van der Waals surface area contributed by atoms with Gasteiger partial charge in [0.15, 0.2) is 0 Å². The van der Waals surface area contributed by atoms with Crippen molar-refractivity contribution < 1.29 is 18.0 Å². The highest BCUT2D eigenvalue weighted by Gasteiger charge is 2.34. The molecule has 0 spiro atoms.